The van der Waals surface area contributed by atoms with Crippen LogP contribution in [0.25, 0.3) is 10.8 Å². The van der Waals surface area contributed by atoms with Gasteiger partial charge in [-0.05, 0) is 54.2 Å². The molecule has 23 heavy (non-hydrogen) atoms. The average molecular weight is 310 g/mol. The smallest absolute Gasteiger partial charge is 0.321 e. The molecule has 0 unspecified atom stereocenters. The SMILES string of the molecule is O=C(Nc1ccc2c3c(cccc13)CC2)N1CCC(CO)CC1. The summed E-state index contributed by atoms with van der Waals surface area (Å²) >= 11 is 0. The molecule has 4 nitrogen and oxygen atoms in total. The second-order valence-corrected chi connectivity index (χ2v) is 6.66. The Balaban J connectivity index is 1.56. The molecule has 120 valence electrons. The van der Waals surface area contributed by atoms with Crippen molar-refractivity contribution in [3.8, 4) is 0 Å². The number of amides is 2. The maximum Gasteiger partial charge on any atom is 0.321 e. The van der Waals surface area contributed by atoms with Gasteiger partial charge in [0.1, 0.15) is 0 Å². The van der Waals surface area contributed by atoms with Crippen LogP contribution in [0, 0.1) is 5.92 Å². The van der Waals surface area contributed by atoms with Crippen LogP contribution in [0.2, 0.25) is 0 Å². The molecule has 4 heteroatoms. The molecule has 2 aliphatic rings. The van der Waals surface area contributed by atoms with Gasteiger partial charge in [-0.3, -0.25) is 0 Å². The Bertz CT molecular complexity index is 738. The van der Waals surface area contributed by atoms with Crippen molar-refractivity contribution in [2.45, 2.75) is 25.7 Å². The largest absolute Gasteiger partial charge is 0.396 e. The quantitative estimate of drug-likeness (QED) is 0.895. The number of aryl methyl sites for hydroxylation is 2. The second kappa shape index (κ2) is 5.85. The van der Waals surface area contributed by atoms with Gasteiger partial charge < -0.3 is 15.3 Å². The Kier molecular flexibility index (Phi) is 3.69. The van der Waals surface area contributed by atoms with Crippen LogP contribution < -0.4 is 5.32 Å². The lowest BCUT2D eigenvalue weighted by Gasteiger charge is -2.31. The van der Waals surface area contributed by atoms with Crippen molar-refractivity contribution in [3.05, 3.63) is 41.5 Å². The highest BCUT2D eigenvalue weighted by Crippen LogP contribution is 2.35. The Labute approximate surface area is 136 Å². The van der Waals surface area contributed by atoms with E-state index in [1.54, 1.807) is 0 Å². The first kappa shape index (κ1) is 14.5. The number of aliphatic hydroxyl groups excluding tert-OH is 1. The molecule has 1 saturated heterocycles. The summed E-state index contributed by atoms with van der Waals surface area (Å²) in [7, 11) is 0. The number of likely N-dealkylation sites (tertiary alicyclic amines) is 1. The van der Waals surface area contributed by atoms with E-state index in [4.69, 9.17) is 0 Å². The van der Waals surface area contributed by atoms with Crippen molar-refractivity contribution in [2.75, 3.05) is 25.0 Å². The normalized spacial score (nSPS) is 17.7. The van der Waals surface area contributed by atoms with Crippen molar-refractivity contribution in [1.29, 1.82) is 0 Å². The van der Waals surface area contributed by atoms with Gasteiger partial charge in [-0.15, -0.1) is 0 Å². The third-order valence-electron chi connectivity index (χ3n) is 5.28. The summed E-state index contributed by atoms with van der Waals surface area (Å²) in [6.45, 7) is 1.67. The van der Waals surface area contributed by atoms with Crippen LogP contribution in [0.5, 0.6) is 0 Å². The number of nitrogens with zero attached hydrogens (tertiary/aromatic N) is 1. The molecule has 0 aromatic heterocycles. The van der Waals surface area contributed by atoms with E-state index in [0.717, 1.165) is 49.8 Å². The zero-order chi connectivity index (χ0) is 15.8. The molecule has 1 fully saturated rings. The molecule has 2 aromatic rings. The topological polar surface area (TPSA) is 52.6 Å². The van der Waals surface area contributed by atoms with Crippen LogP contribution in [-0.2, 0) is 12.8 Å². The molecule has 0 saturated carbocycles. The number of hydrogen-bond acceptors (Lipinski definition) is 2. The molecule has 2 aromatic carbocycles. The van der Waals surface area contributed by atoms with Gasteiger partial charge in [0.25, 0.3) is 0 Å². The lowest BCUT2D eigenvalue weighted by Crippen LogP contribution is -2.41. The first-order valence-corrected chi connectivity index (χ1v) is 8.46. The number of aliphatic hydroxyl groups is 1. The average Bonchev–Trinajstić information content (AvgIpc) is 3.02. The van der Waals surface area contributed by atoms with E-state index < -0.39 is 0 Å². The minimum atomic E-state index is -0.0277. The predicted octanol–water partition coefficient (Wildman–Crippen LogP) is 3.17. The molecule has 2 amide bonds. The van der Waals surface area contributed by atoms with Gasteiger partial charge in [-0.1, -0.05) is 24.3 Å². The summed E-state index contributed by atoms with van der Waals surface area (Å²) in [5.74, 6) is 0.343. The lowest BCUT2D eigenvalue weighted by molar-refractivity contribution is 0.143. The number of nitrogens with one attached hydrogen (secondary N) is 1. The van der Waals surface area contributed by atoms with E-state index in [9.17, 15) is 9.90 Å². The highest BCUT2D eigenvalue weighted by Gasteiger charge is 2.23. The summed E-state index contributed by atoms with van der Waals surface area (Å²) in [4.78, 5) is 14.4. The minimum Gasteiger partial charge on any atom is -0.396 e. The Hall–Kier alpha value is -2.07. The Morgan fingerprint density at radius 2 is 1.87 bits per heavy atom. The van der Waals surface area contributed by atoms with Gasteiger partial charge in [-0.2, -0.15) is 0 Å². The van der Waals surface area contributed by atoms with Crippen molar-refractivity contribution < 1.29 is 9.90 Å². The summed E-state index contributed by atoms with van der Waals surface area (Å²) in [6, 6.07) is 10.5. The maximum absolute atomic E-state index is 12.5. The van der Waals surface area contributed by atoms with Crippen LogP contribution in [0.4, 0.5) is 10.5 Å². The van der Waals surface area contributed by atoms with Crippen molar-refractivity contribution in [3.63, 3.8) is 0 Å². The first-order valence-electron chi connectivity index (χ1n) is 8.46. The lowest BCUT2D eigenvalue weighted by atomic mass is 9.98. The zero-order valence-electron chi connectivity index (χ0n) is 13.2. The van der Waals surface area contributed by atoms with Gasteiger partial charge in [0, 0.05) is 25.1 Å². The van der Waals surface area contributed by atoms with Gasteiger partial charge in [0.15, 0.2) is 0 Å². The monoisotopic (exact) mass is 310 g/mol. The summed E-state index contributed by atoms with van der Waals surface area (Å²) in [5.41, 5.74) is 3.68. The zero-order valence-corrected chi connectivity index (χ0v) is 13.2. The highest BCUT2D eigenvalue weighted by molar-refractivity contribution is 6.04. The predicted molar refractivity (Wildman–Crippen MR) is 91.8 cm³/mol. The van der Waals surface area contributed by atoms with Gasteiger partial charge in [0.05, 0.1) is 5.69 Å². The molecule has 0 bridgehead atoms. The fourth-order valence-corrected chi connectivity index (χ4v) is 3.87. The molecular weight excluding hydrogens is 288 g/mol. The van der Waals surface area contributed by atoms with Gasteiger partial charge in [-0.25, -0.2) is 4.79 Å². The van der Waals surface area contributed by atoms with Crippen molar-refractivity contribution in [1.82, 2.24) is 4.90 Å². The van der Waals surface area contributed by atoms with E-state index in [0.29, 0.717) is 5.92 Å². The number of carbonyl (C=O) groups excluding carboxylic acids is 1. The van der Waals surface area contributed by atoms with Crippen LogP contribution in [0.1, 0.15) is 24.0 Å². The van der Waals surface area contributed by atoms with Crippen LogP contribution in [0.15, 0.2) is 30.3 Å². The number of rotatable bonds is 2. The van der Waals surface area contributed by atoms with E-state index in [-0.39, 0.29) is 12.6 Å². The Morgan fingerprint density at radius 3 is 2.61 bits per heavy atom. The number of benzene rings is 2. The van der Waals surface area contributed by atoms with E-state index in [2.05, 4.69) is 29.6 Å². The van der Waals surface area contributed by atoms with Crippen LogP contribution in [-0.4, -0.2) is 35.7 Å². The molecule has 1 aliphatic heterocycles. The third kappa shape index (κ3) is 2.57. The fraction of sp³-hybridized carbons (Fsp3) is 0.421. The number of anilines is 1. The fourth-order valence-electron chi connectivity index (χ4n) is 3.87. The molecular formula is C19H22N2O2. The molecule has 0 radical (unpaired) electrons. The molecule has 4 rings (SSSR count). The number of hydrogen-bond donors (Lipinski definition) is 2. The highest BCUT2D eigenvalue weighted by atomic mass is 16.3. The van der Waals surface area contributed by atoms with Gasteiger partial charge in [0.2, 0.25) is 0 Å². The standard InChI is InChI=1S/C19H22N2O2/c22-12-13-8-10-21(11-9-13)19(23)20-17-7-6-15-5-4-14-2-1-3-16(17)18(14)15/h1-3,6-7,13,22H,4-5,8-12H2,(H,20,23). The summed E-state index contributed by atoms with van der Waals surface area (Å²) < 4.78 is 0. The maximum atomic E-state index is 12.5. The molecule has 0 atom stereocenters. The van der Waals surface area contributed by atoms with Crippen LogP contribution >= 0.6 is 0 Å². The summed E-state index contributed by atoms with van der Waals surface area (Å²) in [5, 5.41) is 14.8. The molecule has 1 heterocycles. The molecule has 0 spiro atoms. The second-order valence-electron chi connectivity index (χ2n) is 6.66. The van der Waals surface area contributed by atoms with Gasteiger partial charge >= 0.3 is 6.03 Å². The van der Waals surface area contributed by atoms with E-state index in [1.165, 1.54) is 16.5 Å². The van der Waals surface area contributed by atoms with Crippen molar-refractivity contribution >= 4 is 22.5 Å². The summed E-state index contributed by atoms with van der Waals surface area (Å²) in [6.07, 6.45) is 3.96. The Morgan fingerprint density at radius 1 is 1.13 bits per heavy atom. The third-order valence-corrected chi connectivity index (χ3v) is 5.28. The number of carbonyl (C=O) groups is 1. The van der Waals surface area contributed by atoms with E-state index >= 15 is 0 Å². The number of piperidine rings is 1. The molecule has 1 aliphatic carbocycles. The first-order chi connectivity index (χ1) is 11.3. The van der Waals surface area contributed by atoms with Crippen molar-refractivity contribution in [2.24, 2.45) is 5.92 Å². The minimum absolute atomic E-state index is 0.0277. The van der Waals surface area contributed by atoms with Crippen LogP contribution in [0.3, 0.4) is 0 Å². The molecule has 2 N–H and O–H groups in total. The van der Waals surface area contributed by atoms with E-state index in [1.807, 2.05) is 11.0 Å². The number of urea groups is 1.